The van der Waals surface area contributed by atoms with Gasteiger partial charge in [0, 0.05) is 0 Å². The van der Waals surface area contributed by atoms with E-state index in [0.29, 0.717) is 5.41 Å². The Labute approximate surface area is 96.2 Å². The molecule has 0 spiro atoms. The van der Waals surface area contributed by atoms with Crippen molar-refractivity contribution in [2.45, 2.75) is 61.3 Å². The first-order valence-electron chi connectivity index (χ1n) is 6.42. The van der Waals surface area contributed by atoms with E-state index < -0.39 is 0 Å². The molecule has 0 saturated carbocycles. The van der Waals surface area contributed by atoms with E-state index in [2.05, 4.69) is 48.5 Å². The number of hydrogen-bond donors (Lipinski definition) is 0. The van der Waals surface area contributed by atoms with Crippen LogP contribution in [0.15, 0.2) is 11.1 Å². The van der Waals surface area contributed by atoms with Gasteiger partial charge < -0.3 is 0 Å². The summed E-state index contributed by atoms with van der Waals surface area (Å²) in [6, 6.07) is 0. The third-order valence-corrected chi connectivity index (χ3v) is 3.97. The van der Waals surface area contributed by atoms with E-state index in [1.165, 1.54) is 12.8 Å². The maximum absolute atomic E-state index is 2.43. The summed E-state index contributed by atoms with van der Waals surface area (Å²) in [6.07, 6.45) is 2.63. The average molecular weight is 208 g/mol. The van der Waals surface area contributed by atoms with Crippen LogP contribution in [0.25, 0.3) is 0 Å². The second-order valence-corrected chi connectivity index (χ2v) is 6.87. The zero-order chi connectivity index (χ0) is 11.8. The van der Waals surface area contributed by atoms with Crippen molar-refractivity contribution >= 4 is 0 Å². The van der Waals surface area contributed by atoms with Crippen LogP contribution in [-0.2, 0) is 0 Å². The average Bonchev–Trinajstić information content (AvgIpc) is 2.30. The summed E-state index contributed by atoms with van der Waals surface area (Å²) >= 11 is 0. The van der Waals surface area contributed by atoms with Crippen LogP contribution < -0.4 is 0 Å². The lowest BCUT2D eigenvalue weighted by atomic mass is 9.73. The summed E-state index contributed by atoms with van der Waals surface area (Å²) in [5.41, 5.74) is 3.89. The molecule has 0 bridgehead atoms. The van der Waals surface area contributed by atoms with E-state index >= 15 is 0 Å². The van der Waals surface area contributed by atoms with Crippen LogP contribution in [0.1, 0.15) is 61.3 Å². The number of rotatable bonds is 2. The van der Waals surface area contributed by atoms with Gasteiger partial charge in [-0.3, -0.25) is 0 Å². The molecule has 0 aromatic rings. The molecule has 0 N–H and O–H groups in total. The lowest BCUT2D eigenvalue weighted by Crippen LogP contribution is -2.24. The second-order valence-electron chi connectivity index (χ2n) is 6.87. The third kappa shape index (κ3) is 2.86. The minimum absolute atomic E-state index is 0.458. The fourth-order valence-electron chi connectivity index (χ4n) is 3.13. The predicted molar refractivity (Wildman–Crippen MR) is 68.9 cm³/mol. The smallest absolute Gasteiger partial charge is 0.0193 e. The molecule has 0 nitrogen and oxygen atoms in total. The lowest BCUT2D eigenvalue weighted by molar-refractivity contribution is 0.200. The first-order chi connectivity index (χ1) is 6.73. The highest BCUT2D eigenvalue weighted by Crippen LogP contribution is 2.47. The molecule has 0 heterocycles. The highest BCUT2D eigenvalue weighted by molar-refractivity contribution is 5.24. The molecule has 0 amide bonds. The lowest BCUT2D eigenvalue weighted by Gasteiger charge is -2.32. The topological polar surface area (TPSA) is 0 Å². The summed E-state index contributed by atoms with van der Waals surface area (Å²) in [4.78, 5) is 0. The molecule has 1 rings (SSSR count). The maximum Gasteiger partial charge on any atom is -0.0193 e. The molecule has 0 radical (unpaired) electrons. The van der Waals surface area contributed by atoms with Crippen LogP contribution in [0.5, 0.6) is 0 Å². The van der Waals surface area contributed by atoms with Crippen LogP contribution in [-0.4, -0.2) is 0 Å². The molecule has 0 fully saturated rings. The van der Waals surface area contributed by atoms with E-state index in [4.69, 9.17) is 0 Å². The zero-order valence-electron chi connectivity index (χ0n) is 11.6. The highest BCUT2D eigenvalue weighted by Gasteiger charge is 2.36. The van der Waals surface area contributed by atoms with Gasteiger partial charge in [0.05, 0.1) is 0 Å². The van der Waals surface area contributed by atoms with Crippen LogP contribution >= 0.6 is 0 Å². The van der Waals surface area contributed by atoms with Gasteiger partial charge in [0.15, 0.2) is 0 Å². The Kier molecular flexibility index (Phi) is 3.68. The molecule has 0 aromatic heterocycles. The van der Waals surface area contributed by atoms with Crippen molar-refractivity contribution in [2.24, 2.45) is 23.2 Å². The van der Waals surface area contributed by atoms with Crippen LogP contribution in [0.4, 0.5) is 0 Å². The molecule has 0 heteroatoms. The second kappa shape index (κ2) is 4.31. The normalized spacial score (nSPS) is 28.0. The van der Waals surface area contributed by atoms with Gasteiger partial charge in [-0.15, -0.1) is 0 Å². The molecule has 0 aliphatic heterocycles. The Morgan fingerprint density at radius 2 is 1.80 bits per heavy atom. The predicted octanol–water partition coefficient (Wildman–Crippen LogP) is 5.05. The summed E-state index contributed by atoms with van der Waals surface area (Å²) < 4.78 is 0. The van der Waals surface area contributed by atoms with Gasteiger partial charge in [0.2, 0.25) is 0 Å². The van der Waals surface area contributed by atoms with E-state index in [-0.39, 0.29) is 0 Å². The Morgan fingerprint density at radius 3 is 2.13 bits per heavy atom. The standard InChI is InChI=1S/C15H28/c1-10(2)8-13-11(3)9-14(12(13)4)15(5,6)7/h10,12,14H,8-9H2,1-7H3. The molecule has 1 aliphatic carbocycles. The first-order valence-corrected chi connectivity index (χ1v) is 6.42. The van der Waals surface area contributed by atoms with Crippen molar-refractivity contribution in [1.29, 1.82) is 0 Å². The van der Waals surface area contributed by atoms with Crippen LogP contribution in [0.3, 0.4) is 0 Å². The van der Waals surface area contributed by atoms with Crippen molar-refractivity contribution in [3.05, 3.63) is 11.1 Å². The zero-order valence-corrected chi connectivity index (χ0v) is 11.6. The molecule has 2 atom stereocenters. The molecule has 1 aliphatic rings. The SMILES string of the molecule is CC1=C(CC(C)C)C(C)C(C(C)(C)C)C1. The molecule has 0 aromatic carbocycles. The van der Waals surface area contributed by atoms with Crippen molar-refractivity contribution in [3.8, 4) is 0 Å². The Bertz CT molecular complexity index is 250. The Balaban J connectivity index is 2.79. The van der Waals surface area contributed by atoms with Gasteiger partial charge >= 0.3 is 0 Å². The molecule has 2 unspecified atom stereocenters. The van der Waals surface area contributed by atoms with Gasteiger partial charge in [-0.1, -0.05) is 52.7 Å². The number of hydrogen-bond acceptors (Lipinski definition) is 0. The quantitative estimate of drug-likeness (QED) is 0.557. The van der Waals surface area contributed by atoms with Crippen molar-refractivity contribution in [3.63, 3.8) is 0 Å². The highest BCUT2D eigenvalue weighted by atomic mass is 14.4. The Morgan fingerprint density at radius 1 is 1.27 bits per heavy atom. The molecular formula is C15H28. The fourth-order valence-corrected chi connectivity index (χ4v) is 3.13. The van der Waals surface area contributed by atoms with E-state index in [9.17, 15) is 0 Å². The molecular weight excluding hydrogens is 180 g/mol. The minimum Gasteiger partial charge on any atom is -0.0735 e. The summed E-state index contributed by atoms with van der Waals surface area (Å²) in [6.45, 7) is 16.6. The maximum atomic E-state index is 2.43. The largest absolute Gasteiger partial charge is 0.0735 e. The Hall–Kier alpha value is -0.260. The third-order valence-electron chi connectivity index (χ3n) is 3.97. The van der Waals surface area contributed by atoms with Gasteiger partial charge in [-0.25, -0.2) is 0 Å². The van der Waals surface area contributed by atoms with Crippen molar-refractivity contribution in [2.75, 3.05) is 0 Å². The minimum atomic E-state index is 0.458. The van der Waals surface area contributed by atoms with Gasteiger partial charge in [0.1, 0.15) is 0 Å². The van der Waals surface area contributed by atoms with E-state index in [1.807, 2.05) is 0 Å². The molecule has 15 heavy (non-hydrogen) atoms. The molecule has 88 valence electrons. The summed E-state index contributed by atoms with van der Waals surface area (Å²) in [5.74, 6) is 2.45. The van der Waals surface area contributed by atoms with Crippen molar-refractivity contribution < 1.29 is 0 Å². The molecule has 0 saturated heterocycles. The van der Waals surface area contributed by atoms with Crippen molar-refractivity contribution in [1.82, 2.24) is 0 Å². The van der Waals surface area contributed by atoms with E-state index in [1.54, 1.807) is 11.1 Å². The fraction of sp³-hybridized carbons (Fsp3) is 0.867. The van der Waals surface area contributed by atoms with E-state index in [0.717, 1.165) is 17.8 Å². The van der Waals surface area contributed by atoms with Crippen LogP contribution in [0.2, 0.25) is 0 Å². The van der Waals surface area contributed by atoms with Gasteiger partial charge in [-0.2, -0.15) is 0 Å². The summed E-state index contributed by atoms with van der Waals surface area (Å²) in [5, 5.41) is 0. The summed E-state index contributed by atoms with van der Waals surface area (Å²) in [7, 11) is 0. The van der Waals surface area contributed by atoms with Gasteiger partial charge in [-0.05, 0) is 42.9 Å². The first kappa shape index (κ1) is 12.8. The monoisotopic (exact) mass is 208 g/mol. The van der Waals surface area contributed by atoms with Crippen LogP contribution in [0, 0.1) is 23.2 Å². The van der Waals surface area contributed by atoms with Gasteiger partial charge in [0.25, 0.3) is 0 Å². The number of allylic oxidation sites excluding steroid dienone is 2.